The summed E-state index contributed by atoms with van der Waals surface area (Å²) >= 11 is 0. The molecule has 1 aromatic rings. The van der Waals surface area contributed by atoms with Crippen molar-refractivity contribution >= 4 is 36.4 Å². The monoisotopic (exact) mass is 376 g/mol. The minimum atomic E-state index is -0.00977. The second kappa shape index (κ2) is 11.5. The first-order chi connectivity index (χ1) is 10.6. The summed E-state index contributed by atoms with van der Waals surface area (Å²) < 4.78 is 0. The zero-order valence-electron chi connectivity index (χ0n) is 14.7. The summed E-state index contributed by atoms with van der Waals surface area (Å²) in [6.45, 7) is 10.3. The molecule has 0 saturated carbocycles. The Morgan fingerprint density at radius 1 is 1.12 bits per heavy atom. The molecule has 7 heteroatoms. The number of benzene rings is 1. The number of hydrogen-bond donors (Lipinski definition) is 2. The van der Waals surface area contributed by atoms with Crippen molar-refractivity contribution in [2.24, 2.45) is 0 Å². The quantitative estimate of drug-likeness (QED) is 0.796. The van der Waals surface area contributed by atoms with Crippen molar-refractivity contribution in [3.8, 4) is 0 Å². The van der Waals surface area contributed by atoms with Gasteiger partial charge < -0.3 is 20.4 Å². The number of rotatable bonds is 6. The van der Waals surface area contributed by atoms with Gasteiger partial charge in [0, 0.05) is 50.0 Å². The third kappa shape index (κ3) is 6.48. The van der Waals surface area contributed by atoms with E-state index in [0.29, 0.717) is 6.54 Å². The summed E-state index contributed by atoms with van der Waals surface area (Å²) in [5.74, 6) is -0.00977. The molecule has 1 aliphatic heterocycles. The molecule has 138 valence electrons. The average Bonchev–Trinajstić information content (AvgIpc) is 2.59. The van der Waals surface area contributed by atoms with Gasteiger partial charge in [-0.1, -0.05) is 6.92 Å². The second-order valence-electron chi connectivity index (χ2n) is 5.87. The van der Waals surface area contributed by atoms with Crippen LogP contribution in [0.25, 0.3) is 0 Å². The SMILES string of the molecule is CCN1CCN(c2ccc(C(=O)NCC(C)NC)cc2)CC1.Cl.Cl. The van der Waals surface area contributed by atoms with Crippen LogP contribution in [0.3, 0.4) is 0 Å². The van der Waals surface area contributed by atoms with E-state index < -0.39 is 0 Å². The number of piperazine rings is 1. The Bertz CT molecular complexity index is 476. The summed E-state index contributed by atoms with van der Waals surface area (Å²) in [6.07, 6.45) is 0. The van der Waals surface area contributed by atoms with Gasteiger partial charge in [-0.05, 0) is 44.8 Å². The van der Waals surface area contributed by atoms with Crippen LogP contribution in [-0.4, -0.2) is 63.2 Å². The number of halogens is 2. The number of anilines is 1. The third-order valence-corrected chi connectivity index (χ3v) is 4.38. The van der Waals surface area contributed by atoms with E-state index >= 15 is 0 Å². The third-order valence-electron chi connectivity index (χ3n) is 4.38. The van der Waals surface area contributed by atoms with Crippen molar-refractivity contribution in [3.63, 3.8) is 0 Å². The molecule has 1 aromatic carbocycles. The van der Waals surface area contributed by atoms with Crippen LogP contribution in [0, 0.1) is 0 Å². The molecule has 1 aliphatic rings. The standard InChI is InChI=1S/C17H28N4O.2ClH/c1-4-20-9-11-21(12-10-20)16-7-5-15(6-8-16)17(22)19-13-14(2)18-3;;/h5-8,14,18H,4,9-13H2,1-3H3,(H,19,22);2*1H. The minimum Gasteiger partial charge on any atom is -0.369 e. The molecule has 0 spiro atoms. The lowest BCUT2D eigenvalue weighted by Gasteiger charge is -2.35. The van der Waals surface area contributed by atoms with E-state index in [1.807, 2.05) is 26.1 Å². The highest BCUT2D eigenvalue weighted by atomic mass is 35.5. The fourth-order valence-corrected chi connectivity index (χ4v) is 2.60. The van der Waals surface area contributed by atoms with Gasteiger partial charge >= 0.3 is 0 Å². The predicted octanol–water partition coefficient (Wildman–Crippen LogP) is 2.01. The number of carbonyl (C=O) groups is 1. The van der Waals surface area contributed by atoms with Crippen molar-refractivity contribution < 1.29 is 4.79 Å². The first kappa shape index (κ1) is 23.0. The van der Waals surface area contributed by atoms with Crippen LogP contribution in [0.5, 0.6) is 0 Å². The zero-order chi connectivity index (χ0) is 15.9. The van der Waals surface area contributed by atoms with Gasteiger partial charge in [-0.3, -0.25) is 4.79 Å². The number of carbonyl (C=O) groups excluding carboxylic acids is 1. The van der Waals surface area contributed by atoms with E-state index in [1.54, 1.807) is 0 Å². The van der Waals surface area contributed by atoms with E-state index in [-0.39, 0.29) is 36.8 Å². The molecule has 0 aromatic heterocycles. The molecule has 5 nitrogen and oxygen atoms in total. The summed E-state index contributed by atoms with van der Waals surface area (Å²) in [5.41, 5.74) is 1.93. The molecule has 0 bridgehead atoms. The molecule has 1 saturated heterocycles. The van der Waals surface area contributed by atoms with Gasteiger partial charge in [0.25, 0.3) is 5.91 Å². The number of likely N-dealkylation sites (N-methyl/N-ethyl adjacent to an activating group) is 2. The van der Waals surface area contributed by atoms with Gasteiger partial charge in [0.05, 0.1) is 0 Å². The molecule has 2 N–H and O–H groups in total. The highest BCUT2D eigenvalue weighted by molar-refractivity contribution is 5.94. The van der Waals surface area contributed by atoms with E-state index in [0.717, 1.165) is 38.3 Å². The van der Waals surface area contributed by atoms with E-state index in [1.165, 1.54) is 5.69 Å². The molecular formula is C17H30Cl2N4O. The lowest BCUT2D eigenvalue weighted by atomic mass is 10.1. The van der Waals surface area contributed by atoms with Crippen molar-refractivity contribution in [1.29, 1.82) is 0 Å². The highest BCUT2D eigenvalue weighted by Gasteiger charge is 2.16. The van der Waals surface area contributed by atoms with E-state index in [4.69, 9.17) is 0 Å². The number of nitrogens with one attached hydrogen (secondary N) is 2. The molecule has 1 heterocycles. The number of amides is 1. The molecule has 1 fully saturated rings. The molecule has 24 heavy (non-hydrogen) atoms. The molecular weight excluding hydrogens is 347 g/mol. The van der Waals surface area contributed by atoms with Crippen molar-refractivity contribution in [1.82, 2.24) is 15.5 Å². The topological polar surface area (TPSA) is 47.6 Å². The van der Waals surface area contributed by atoms with Crippen molar-refractivity contribution in [2.45, 2.75) is 19.9 Å². The first-order valence-corrected chi connectivity index (χ1v) is 8.17. The lowest BCUT2D eigenvalue weighted by molar-refractivity contribution is 0.0950. The summed E-state index contributed by atoms with van der Waals surface area (Å²) in [4.78, 5) is 16.9. The Kier molecular flexibility index (Phi) is 11.0. The fourth-order valence-electron chi connectivity index (χ4n) is 2.60. The molecule has 2 rings (SSSR count). The Hall–Kier alpha value is -1.01. The highest BCUT2D eigenvalue weighted by Crippen LogP contribution is 2.17. The fraction of sp³-hybridized carbons (Fsp3) is 0.588. The summed E-state index contributed by atoms with van der Waals surface area (Å²) in [7, 11) is 1.89. The Morgan fingerprint density at radius 2 is 1.71 bits per heavy atom. The first-order valence-electron chi connectivity index (χ1n) is 8.17. The van der Waals surface area contributed by atoms with Gasteiger partial charge in [0.15, 0.2) is 0 Å². The van der Waals surface area contributed by atoms with Crippen LogP contribution >= 0.6 is 24.8 Å². The van der Waals surface area contributed by atoms with Crippen LogP contribution < -0.4 is 15.5 Å². The lowest BCUT2D eigenvalue weighted by Crippen LogP contribution is -2.46. The zero-order valence-corrected chi connectivity index (χ0v) is 16.4. The van der Waals surface area contributed by atoms with E-state index in [9.17, 15) is 4.79 Å². The van der Waals surface area contributed by atoms with Crippen LogP contribution in [0.1, 0.15) is 24.2 Å². The van der Waals surface area contributed by atoms with Crippen molar-refractivity contribution in [2.75, 3.05) is 51.2 Å². The predicted molar refractivity (Wildman–Crippen MR) is 106 cm³/mol. The van der Waals surface area contributed by atoms with Crippen LogP contribution in [-0.2, 0) is 0 Å². The van der Waals surface area contributed by atoms with Crippen LogP contribution in [0.15, 0.2) is 24.3 Å². The Balaban J connectivity index is 0.00000264. The van der Waals surface area contributed by atoms with Crippen LogP contribution in [0.2, 0.25) is 0 Å². The van der Waals surface area contributed by atoms with Gasteiger partial charge in [0.2, 0.25) is 0 Å². The molecule has 0 aliphatic carbocycles. The average molecular weight is 377 g/mol. The van der Waals surface area contributed by atoms with Gasteiger partial charge in [-0.25, -0.2) is 0 Å². The van der Waals surface area contributed by atoms with Crippen molar-refractivity contribution in [3.05, 3.63) is 29.8 Å². The largest absolute Gasteiger partial charge is 0.369 e. The number of hydrogen-bond acceptors (Lipinski definition) is 4. The molecule has 0 radical (unpaired) electrons. The normalized spacial score (nSPS) is 15.9. The Morgan fingerprint density at radius 3 is 2.21 bits per heavy atom. The maximum Gasteiger partial charge on any atom is 0.251 e. The van der Waals surface area contributed by atoms with Gasteiger partial charge in [-0.15, -0.1) is 24.8 Å². The Labute approximate surface area is 158 Å². The summed E-state index contributed by atoms with van der Waals surface area (Å²) in [5, 5.41) is 6.05. The van der Waals surface area contributed by atoms with Gasteiger partial charge in [0.1, 0.15) is 0 Å². The molecule has 1 atom stereocenters. The maximum atomic E-state index is 12.1. The molecule has 1 amide bonds. The van der Waals surface area contributed by atoms with Gasteiger partial charge in [-0.2, -0.15) is 0 Å². The minimum absolute atomic E-state index is 0. The summed E-state index contributed by atoms with van der Waals surface area (Å²) in [6, 6.07) is 8.22. The maximum absolute atomic E-state index is 12.1. The smallest absolute Gasteiger partial charge is 0.251 e. The van der Waals surface area contributed by atoms with E-state index in [2.05, 4.69) is 39.5 Å². The second-order valence-corrected chi connectivity index (χ2v) is 5.87. The van der Waals surface area contributed by atoms with Crippen LogP contribution in [0.4, 0.5) is 5.69 Å². The number of nitrogens with zero attached hydrogens (tertiary/aromatic N) is 2. The molecule has 1 unspecified atom stereocenters.